The Bertz CT molecular complexity index is 369. The van der Waals surface area contributed by atoms with Crippen LogP contribution in [0.4, 0.5) is 0 Å². The van der Waals surface area contributed by atoms with E-state index in [1.54, 1.807) is 20.8 Å². The van der Waals surface area contributed by atoms with E-state index in [4.69, 9.17) is 27.9 Å². The van der Waals surface area contributed by atoms with Crippen LogP contribution in [0.1, 0.15) is 20.8 Å². The minimum absolute atomic E-state index is 0.00975. The van der Waals surface area contributed by atoms with E-state index in [2.05, 4.69) is 4.98 Å². The Morgan fingerprint density at radius 1 is 1.53 bits per heavy atom. The highest BCUT2D eigenvalue weighted by Gasteiger charge is 2.17. The van der Waals surface area contributed by atoms with E-state index < -0.39 is 5.60 Å². The minimum Gasteiger partial charge on any atom is -0.459 e. The van der Waals surface area contributed by atoms with Gasteiger partial charge in [0.25, 0.3) is 0 Å². The van der Waals surface area contributed by atoms with Gasteiger partial charge < -0.3 is 9.30 Å². The lowest BCUT2D eigenvalue weighted by Gasteiger charge is -2.19. The molecule has 0 spiro atoms. The van der Waals surface area contributed by atoms with Crippen LogP contribution >= 0.6 is 23.2 Å². The van der Waals surface area contributed by atoms with Crippen molar-refractivity contribution in [2.75, 3.05) is 0 Å². The molecule has 0 atom stereocenters. The fourth-order valence-corrected chi connectivity index (χ4v) is 1.27. The second kappa shape index (κ2) is 4.41. The van der Waals surface area contributed by atoms with Gasteiger partial charge >= 0.3 is 5.97 Å². The molecule has 0 aliphatic heterocycles. The highest BCUT2D eigenvalue weighted by atomic mass is 35.5. The normalized spacial score (nSPS) is 11.5. The molecule has 84 valence electrons. The molecule has 0 N–H and O–H groups in total. The van der Waals surface area contributed by atoms with E-state index in [1.807, 2.05) is 0 Å². The molecule has 0 saturated heterocycles. The molecule has 0 fully saturated rings. The van der Waals surface area contributed by atoms with Crippen LogP contribution in [0.2, 0.25) is 10.3 Å². The fourth-order valence-electron chi connectivity index (χ4n) is 0.966. The van der Waals surface area contributed by atoms with Gasteiger partial charge in [0, 0.05) is 0 Å². The molecule has 0 bridgehead atoms. The summed E-state index contributed by atoms with van der Waals surface area (Å²) in [5, 5.41) is 0.419. The Kier molecular flexibility index (Phi) is 3.62. The summed E-state index contributed by atoms with van der Waals surface area (Å²) in [6, 6.07) is 0. The quantitative estimate of drug-likeness (QED) is 0.758. The zero-order valence-corrected chi connectivity index (χ0v) is 10.3. The molecule has 1 aromatic heterocycles. The first kappa shape index (κ1) is 12.3. The van der Waals surface area contributed by atoms with Gasteiger partial charge in [-0.05, 0) is 20.8 Å². The largest absolute Gasteiger partial charge is 0.459 e. The Balaban J connectivity index is 2.63. The molecule has 0 aliphatic carbocycles. The predicted molar refractivity (Wildman–Crippen MR) is 58.1 cm³/mol. The Morgan fingerprint density at radius 2 is 2.13 bits per heavy atom. The second-order valence-electron chi connectivity index (χ2n) is 4.04. The van der Waals surface area contributed by atoms with Crippen LogP contribution in [0.25, 0.3) is 0 Å². The highest BCUT2D eigenvalue weighted by molar-refractivity contribution is 6.40. The van der Waals surface area contributed by atoms with Crippen LogP contribution in [-0.4, -0.2) is 21.1 Å². The van der Waals surface area contributed by atoms with Crippen LogP contribution < -0.4 is 0 Å². The molecule has 0 amide bonds. The van der Waals surface area contributed by atoms with Crippen LogP contribution in [0.15, 0.2) is 6.33 Å². The maximum Gasteiger partial charge on any atom is 0.326 e. The van der Waals surface area contributed by atoms with Gasteiger partial charge in [-0.3, -0.25) is 4.79 Å². The van der Waals surface area contributed by atoms with Crippen LogP contribution in [0.5, 0.6) is 0 Å². The molecule has 0 unspecified atom stereocenters. The van der Waals surface area contributed by atoms with E-state index in [9.17, 15) is 4.79 Å². The van der Waals surface area contributed by atoms with Crippen LogP contribution in [0.3, 0.4) is 0 Å². The first-order chi connectivity index (χ1) is 6.79. The third-order valence-corrected chi connectivity index (χ3v) is 2.22. The number of aromatic nitrogens is 2. The number of hydrogen-bond donors (Lipinski definition) is 0. The average Bonchev–Trinajstić information content (AvgIpc) is 2.32. The summed E-state index contributed by atoms with van der Waals surface area (Å²) in [6.07, 6.45) is 1.40. The number of ether oxygens (including phenoxy) is 1. The summed E-state index contributed by atoms with van der Waals surface area (Å²) in [7, 11) is 0. The van der Waals surface area contributed by atoms with Gasteiger partial charge in [0.05, 0.1) is 6.33 Å². The molecule has 1 rings (SSSR count). The summed E-state index contributed by atoms with van der Waals surface area (Å²) in [4.78, 5) is 15.2. The molecule has 0 aromatic carbocycles. The first-order valence-corrected chi connectivity index (χ1v) is 5.13. The van der Waals surface area contributed by atoms with Gasteiger partial charge in [-0.25, -0.2) is 4.98 Å². The van der Waals surface area contributed by atoms with Crippen molar-refractivity contribution < 1.29 is 9.53 Å². The summed E-state index contributed by atoms with van der Waals surface area (Å²) in [6.45, 7) is 5.41. The zero-order chi connectivity index (χ0) is 11.6. The number of carbonyl (C=O) groups excluding carboxylic acids is 1. The summed E-state index contributed by atoms with van der Waals surface area (Å²) in [5.74, 6) is -0.376. The maximum atomic E-state index is 11.4. The summed E-state index contributed by atoms with van der Waals surface area (Å²) in [5.41, 5.74) is -0.506. The van der Waals surface area contributed by atoms with E-state index in [-0.39, 0.29) is 22.8 Å². The lowest BCUT2D eigenvalue weighted by molar-refractivity contribution is -0.155. The monoisotopic (exact) mass is 250 g/mol. The van der Waals surface area contributed by atoms with Gasteiger partial charge in [0.2, 0.25) is 0 Å². The Hall–Kier alpha value is -0.740. The van der Waals surface area contributed by atoms with Gasteiger partial charge in [-0.15, -0.1) is 0 Å². The molecule has 15 heavy (non-hydrogen) atoms. The lowest BCUT2D eigenvalue weighted by atomic mass is 10.2. The molecule has 4 nitrogen and oxygen atoms in total. The van der Waals surface area contributed by atoms with E-state index >= 15 is 0 Å². The SMILES string of the molecule is CC(C)(C)OC(=O)Cn1cnc(Cl)c1Cl. The van der Waals surface area contributed by atoms with E-state index in [0.717, 1.165) is 0 Å². The van der Waals surface area contributed by atoms with Crippen molar-refractivity contribution in [2.24, 2.45) is 0 Å². The number of nitrogens with zero attached hydrogens (tertiary/aromatic N) is 2. The fraction of sp³-hybridized carbons (Fsp3) is 0.556. The average molecular weight is 251 g/mol. The number of halogens is 2. The molecule has 1 aromatic rings. The highest BCUT2D eigenvalue weighted by Crippen LogP contribution is 2.19. The molecule has 0 saturated carbocycles. The van der Waals surface area contributed by atoms with Crippen molar-refractivity contribution >= 4 is 29.2 Å². The third kappa shape index (κ3) is 3.72. The molecule has 1 heterocycles. The molecular formula is C9H12Cl2N2O2. The second-order valence-corrected chi connectivity index (χ2v) is 4.76. The van der Waals surface area contributed by atoms with Gasteiger partial charge in [-0.2, -0.15) is 0 Å². The lowest BCUT2D eigenvalue weighted by Crippen LogP contribution is -2.26. The smallest absolute Gasteiger partial charge is 0.326 e. The number of rotatable bonds is 2. The molecule has 6 heteroatoms. The molecule has 0 aliphatic rings. The van der Waals surface area contributed by atoms with E-state index in [0.29, 0.717) is 0 Å². The topological polar surface area (TPSA) is 44.1 Å². The summed E-state index contributed by atoms with van der Waals surface area (Å²) >= 11 is 11.4. The Morgan fingerprint density at radius 3 is 2.53 bits per heavy atom. The number of carbonyl (C=O) groups is 1. The third-order valence-electron chi connectivity index (χ3n) is 1.45. The summed E-state index contributed by atoms with van der Waals surface area (Å²) < 4.78 is 6.55. The predicted octanol–water partition coefficient (Wildman–Crippen LogP) is 2.53. The Labute approximate surface area is 98.1 Å². The molecular weight excluding hydrogens is 239 g/mol. The maximum absolute atomic E-state index is 11.4. The van der Waals surface area contributed by atoms with Gasteiger partial charge in [0.15, 0.2) is 5.15 Å². The van der Waals surface area contributed by atoms with Gasteiger partial charge in [-0.1, -0.05) is 23.2 Å². The zero-order valence-electron chi connectivity index (χ0n) is 8.75. The molecule has 0 radical (unpaired) electrons. The van der Waals surface area contributed by atoms with E-state index in [1.165, 1.54) is 10.9 Å². The van der Waals surface area contributed by atoms with Crippen molar-refractivity contribution in [3.63, 3.8) is 0 Å². The first-order valence-electron chi connectivity index (χ1n) is 4.37. The number of imidazole rings is 1. The van der Waals surface area contributed by atoms with Crippen molar-refractivity contribution in [3.8, 4) is 0 Å². The van der Waals surface area contributed by atoms with Crippen molar-refractivity contribution in [2.45, 2.75) is 32.9 Å². The van der Waals surface area contributed by atoms with Crippen molar-refractivity contribution in [3.05, 3.63) is 16.6 Å². The van der Waals surface area contributed by atoms with Crippen LogP contribution in [0, 0.1) is 0 Å². The minimum atomic E-state index is -0.506. The number of hydrogen-bond acceptors (Lipinski definition) is 3. The van der Waals surface area contributed by atoms with Crippen molar-refractivity contribution in [1.82, 2.24) is 9.55 Å². The van der Waals surface area contributed by atoms with Crippen molar-refractivity contribution in [1.29, 1.82) is 0 Å². The van der Waals surface area contributed by atoms with Gasteiger partial charge in [0.1, 0.15) is 17.3 Å². The number of esters is 1. The van der Waals surface area contributed by atoms with Crippen LogP contribution in [-0.2, 0) is 16.1 Å². The standard InChI is InChI=1S/C9H12Cl2N2O2/c1-9(2,3)15-6(14)4-13-5-12-7(10)8(13)11/h5H,4H2,1-3H3.